The Kier molecular flexibility index (Phi) is 4.31. The number of benzene rings is 2. The number of methoxy groups -OCH3 is 1. The van der Waals surface area contributed by atoms with Crippen LogP contribution in [0.25, 0.3) is 11.1 Å². The molecular weight excluding hydrogens is 240 g/mol. The van der Waals surface area contributed by atoms with Crippen LogP contribution in [0.5, 0.6) is 5.75 Å². The summed E-state index contributed by atoms with van der Waals surface area (Å²) in [6.45, 7) is 2.12. The molecule has 0 amide bonds. The summed E-state index contributed by atoms with van der Waals surface area (Å²) in [6.07, 6.45) is 0.872. The van der Waals surface area contributed by atoms with Gasteiger partial charge < -0.3 is 9.47 Å². The van der Waals surface area contributed by atoms with Crippen LogP contribution in [0, 0.1) is 6.92 Å². The number of carbonyl (C=O) groups is 1. The Balaban J connectivity index is 2.43. The molecule has 2 rings (SSSR count). The van der Waals surface area contributed by atoms with E-state index in [4.69, 9.17) is 9.47 Å². The molecule has 0 heterocycles. The molecule has 0 saturated carbocycles. The SMILES string of the molecule is COCOc1ccccc1-c1ccc(C)c(C=O)c1. The second-order valence-electron chi connectivity index (χ2n) is 4.24. The number of hydrogen-bond donors (Lipinski definition) is 0. The summed E-state index contributed by atoms with van der Waals surface area (Å²) in [6, 6.07) is 13.5. The Morgan fingerprint density at radius 3 is 2.68 bits per heavy atom. The van der Waals surface area contributed by atoms with E-state index in [0.717, 1.165) is 28.7 Å². The van der Waals surface area contributed by atoms with Gasteiger partial charge in [0, 0.05) is 18.2 Å². The van der Waals surface area contributed by atoms with Crippen LogP contribution in [-0.4, -0.2) is 20.2 Å². The van der Waals surface area contributed by atoms with Gasteiger partial charge in [0.05, 0.1) is 0 Å². The van der Waals surface area contributed by atoms with Crippen molar-refractivity contribution in [2.24, 2.45) is 0 Å². The van der Waals surface area contributed by atoms with Crippen LogP contribution in [0.2, 0.25) is 0 Å². The first-order valence-corrected chi connectivity index (χ1v) is 6.03. The van der Waals surface area contributed by atoms with Crippen molar-refractivity contribution in [2.75, 3.05) is 13.9 Å². The van der Waals surface area contributed by atoms with E-state index in [1.165, 1.54) is 0 Å². The van der Waals surface area contributed by atoms with Gasteiger partial charge in [0.2, 0.25) is 0 Å². The van der Waals surface area contributed by atoms with Crippen molar-refractivity contribution in [1.82, 2.24) is 0 Å². The van der Waals surface area contributed by atoms with Gasteiger partial charge in [-0.3, -0.25) is 4.79 Å². The lowest BCUT2D eigenvalue weighted by Gasteiger charge is -2.11. The fourth-order valence-corrected chi connectivity index (χ4v) is 1.89. The van der Waals surface area contributed by atoms with Crippen LogP contribution in [-0.2, 0) is 4.74 Å². The summed E-state index contributed by atoms with van der Waals surface area (Å²) in [5.74, 6) is 0.741. The number of ether oxygens (including phenoxy) is 2. The molecule has 2 aromatic rings. The maximum absolute atomic E-state index is 11.0. The Bertz CT molecular complexity index is 576. The molecule has 0 aliphatic carbocycles. The Morgan fingerprint density at radius 1 is 1.16 bits per heavy atom. The van der Waals surface area contributed by atoms with Crippen molar-refractivity contribution < 1.29 is 14.3 Å². The fraction of sp³-hybridized carbons (Fsp3) is 0.188. The van der Waals surface area contributed by atoms with Crippen molar-refractivity contribution >= 4 is 6.29 Å². The quantitative estimate of drug-likeness (QED) is 0.607. The van der Waals surface area contributed by atoms with E-state index in [0.29, 0.717) is 5.56 Å². The minimum atomic E-state index is 0.198. The zero-order valence-corrected chi connectivity index (χ0v) is 11.1. The molecule has 0 aliphatic heterocycles. The molecule has 0 bridgehead atoms. The zero-order valence-electron chi connectivity index (χ0n) is 11.1. The monoisotopic (exact) mass is 256 g/mol. The lowest BCUT2D eigenvalue weighted by molar-refractivity contribution is 0.0515. The Hall–Kier alpha value is -2.13. The standard InChI is InChI=1S/C16H16O3/c1-12-7-8-13(9-14(12)10-17)15-5-3-4-6-16(15)19-11-18-2/h3-10H,11H2,1-2H3. The van der Waals surface area contributed by atoms with Gasteiger partial charge in [-0.15, -0.1) is 0 Å². The molecule has 3 nitrogen and oxygen atoms in total. The first-order chi connectivity index (χ1) is 9.26. The normalized spacial score (nSPS) is 10.2. The van der Waals surface area contributed by atoms with Gasteiger partial charge in [-0.25, -0.2) is 0 Å². The van der Waals surface area contributed by atoms with E-state index in [2.05, 4.69) is 0 Å². The largest absolute Gasteiger partial charge is 0.467 e. The van der Waals surface area contributed by atoms with E-state index in [1.807, 2.05) is 49.4 Å². The topological polar surface area (TPSA) is 35.5 Å². The lowest BCUT2D eigenvalue weighted by Crippen LogP contribution is -2.00. The first kappa shape index (κ1) is 13.3. The molecule has 19 heavy (non-hydrogen) atoms. The van der Waals surface area contributed by atoms with Crippen LogP contribution in [0.15, 0.2) is 42.5 Å². The Labute approximate surface area is 112 Å². The first-order valence-electron chi connectivity index (χ1n) is 6.03. The van der Waals surface area contributed by atoms with Gasteiger partial charge in [-0.2, -0.15) is 0 Å². The van der Waals surface area contributed by atoms with Crippen LogP contribution >= 0.6 is 0 Å². The maximum Gasteiger partial charge on any atom is 0.188 e. The summed E-state index contributed by atoms with van der Waals surface area (Å²) >= 11 is 0. The predicted molar refractivity (Wildman–Crippen MR) is 74.5 cm³/mol. The Morgan fingerprint density at radius 2 is 1.95 bits per heavy atom. The van der Waals surface area contributed by atoms with E-state index in [1.54, 1.807) is 7.11 Å². The van der Waals surface area contributed by atoms with Crippen LogP contribution in [0.4, 0.5) is 0 Å². The average Bonchev–Trinajstić information content (AvgIpc) is 2.46. The third kappa shape index (κ3) is 3.01. The van der Waals surface area contributed by atoms with Crippen molar-refractivity contribution in [3.63, 3.8) is 0 Å². The van der Waals surface area contributed by atoms with E-state index in [9.17, 15) is 4.79 Å². The van der Waals surface area contributed by atoms with E-state index < -0.39 is 0 Å². The molecule has 0 atom stereocenters. The molecule has 0 unspecified atom stereocenters. The molecule has 0 N–H and O–H groups in total. The van der Waals surface area contributed by atoms with Gasteiger partial charge in [0.15, 0.2) is 6.79 Å². The summed E-state index contributed by atoms with van der Waals surface area (Å²) < 4.78 is 10.5. The highest BCUT2D eigenvalue weighted by atomic mass is 16.7. The number of carbonyl (C=O) groups excluding carboxylic acids is 1. The summed E-state index contributed by atoms with van der Waals surface area (Å²) in [4.78, 5) is 11.0. The van der Waals surface area contributed by atoms with Gasteiger partial charge in [-0.05, 0) is 30.2 Å². The van der Waals surface area contributed by atoms with Gasteiger partial charge in [0.1, 0.15) is 12.0 Å². The molecule has 0 fully saturated rings. The molecule has 0 saturated heterocycles. The lowest BCUT2D eigenvalue weighted by atomic mass is 10.00. The molecule has 2 aromatic carbocycles. The second-order valence-corrected chi connectivity index (χ2v) is 4.24. The molecule has 0 aromatic heterocycles. The number of hydrogen-bond acceptors (Lipinski definition) is 3. The van der Waals surface area contributed by atoms with Crippen molar-refractivity contribution in [3.8, 4) is 16.9 Å². The predicted octanol–water partition coefficient (Wildman–Crippen LogP) is 3.46. The van der Waals surface area contributed by atoms with Gasteiger partial charge in [0.25, 0.3) is 0 Å². The minimum absolute atomic E-state index is 0.198. The molecule has 0 aliphatic rings. The van der Waals surface area contributed by atoms with Crippen molar-refractivity contribution in [1.29, 1.82) is 0 Å². The molecule has 0 spiro atoms. The highest BCUT2D eigenvalue weighted by Crippen LogP contribution is 2.30. The number of para-hydroxylation sites is 1. The maximum atomic E-state index is 11.0. The average molecular weight is 256 g/mol. The fourth-order valence-electron chi connectivity index (χ4n) is 1.89. The van der Waals surface area contributed by atoms with Crippen LogP contribution < -0.4 is 4.74 Å². The summed E-state index contributed by atoms with van der Waals surface area (Å²) in [5, 5.41) is 0. The van der Waals surface area contributed by atoms with Crippen molar-refractivity contribution in [3.05, 3.63) is 53.6 Å². The van der Waals surface area contributed by atoms with Crippen molar-refractivity contribution in [2.45, 2.75) is 6.92 Å². The zero-order chi connectivity index (χ0) is 13.7. The summed E-state index contributed by atoms with van der Waals surface area (Å²) in [7, 11) is 1.58. The van der Waals surface area contributed by atoms with Crippen LogP contribution in [0.3, 0.4) is 0 Å². The molecular formula is C16H16O3. The summed E-state index contributed by atoms with van der Waals surface area (Å²) in [5.41, 5.74) is 3.56. The highest BCUT2D eigenvalue weighted by Gasteiger charge is 2.07. The number of aldehydes is 1. The van der Waals surface area contributed by atoms with E-state index >= 15 is 0 Å². The molecule has 98 valence electrons. The third-order valence-electron chi connectivity index (χ3n) is 2.94. The molecule has 3 heteroatoms. The van der Waals surface area contributed by atoms with Gasteiger partial charge in [-0.1, -0.05) is 30.3 Å². The smallest absolute Gasteiger partial charge is 0.188 e. The minimum Gasteiger partial charge on any atom is -0.467 e. The number of aryl methyl sites for hydroxylation is 1. The van der Waals surface area contributed by atoms with Crippen LogP contribution in [0.1, 0.15) is 15.9 Å². The van der Waals surface area contributed by atoms with E-state index in [-0.39, 0.29) is 6.79 Å². The molecule has 0 radical (unpaired) electrons. The number of rotatable bonds is 5. The highest BCUT2D eigenvalue weighted by molar-refractivity contribution is 5.82. The third-order valence-corrected chi connectivity index (χ3v) is 2.94. The van der Waals surface area contributed by atoms with Gasteiger partial charge >= 0.3 is 0 Å². The second kappa shape index (κ2) is 6.16.